The average molecular weight is 190 g/mol. The molecule has 5 heteroatoms. The van der Waals surface area contributed by atoms with Crippen molar-refractivity contribution in [3.05, 3.63) is 35.9 Å². The smallest absolute Gasteiger partial charge is 0.283 e. The van der Waals surface area contributed by atoms with E-state index in [4.69, 9.17) is 4.55 Å². The van der Waals surface area contributed by atoms with Gasteiger partial charge in [0.25, 0.3) is 5.50 Å². The Bertz CT molecular complexity index is 346. The van der Waals surface area contributed by atoms with E-state index in [1.54, 1.807) is 6.07 Å². The number of halogens is 1. The summed E-state index contributed by atoms with van der Waals surface area (Å²) in [5.41, 5.74) is -2.42. The van der Waals surface area contributed by atoms with Crippen LogP contribution in [0.5, 0.6) is 0 Å². The van der Waals surface area contributed by atoms with E-state index in [0.717, 1.165) is 0 Å². The average Bonchev–Trinajstić information content (AvgIpc) is 2.03. The molecule has 0 heterocycles. The van der Waals surface area contributed by atoms with Crippen molar-refractivity contribution in [2.45, 2.75) is 5.50 Å². The molecule has 66 valence electrons. The topological polar surface area (TPSA) is 54.4 Å². The second-order valence-corrected chi connectivity index (χ2v) is 3.69. The molecule has 1 unspecified atom stereocenters. The van der Waals surface area contributed by atoms with Crippen LogP contribution in [0, 0.1) is 0 Å². The van der Waals surface area contributed by atoms with Crippen LogP contribution in [0.15, 0.2) is 30.3 Å². The van der Waals surface area contributed by atoms with Gasteiger partial charge in [0.2, 0.25) is 0 Å². The molecule has 0 aliphatic carbocycles. The summed E-state index contributed by atoms with van der Waals surface area (Å²) in [7, 11) is -4.62. The Kier molecular flexibility index (Phi) is 2.44. The fourth-order valence-electron chi connectivity index (χ4n) is 0.776. The first kappa shape index (κ1) is 9.15. The van der Waals surface area contributed by atoms with Crippen molar-refractivity contribution in [2.24, 2.45) is 0 Å². The highest BCUT2D eigenvalue weighted by atomic mass is 32.2. The Balaban J connectivity index is 3.02. The molecule has 0 aliphatic heterocycles. The summed E-state index contributed by atoms with van der Waals surface area (Å²) in [4.78, 5) is 0. The molecule has 1 atom stereocenters. The fraction of sp³-hybridized carbons (Fsp3) is 0.143. The van der Waals surface area contributed by atoms with E-state index in [1.807, 2.05) is 0 Å². The third-order valence-electron chi connectivity index (χ3n) is 1.32. The van der Waals surface area contributed by atoms with Crippen molar-refractivity contribution in [3.8, 4) is 0 Å². The van der Waals surface area contributed by atoms with Gasteiger partial charge in [0.05, 0.1) is 0 Å². The van der Waals surface area contributed by atoms with Crippen LogP contribution in [0.2, 0.25) is 0 Å². The summed E-state index contributed by atoms with van der Waals surface area (Å²) in [6, 6.07) is 7.19. The van der Waals surface area contributed by atoms with Crippen molar-refractivity contribution < 1.29 is 17.4 Å². The quantitative estimate of drug-likeness (QED) is 0.720. The van der Waals surface area contributed by atoms with E-state index in [2.05, 4.69) is 0 Å². The first-order valence-corrected chi connectivity index (χ1v) is 4.67. The molecule has 0 saturated heterocycles. The third-order valence-corrected chi connectivity index (χ3v) is 2.12. The summed E-state index contributed by atoms with van der Waals surface area (Å²) in [6.45, 7) is 0. The fourth-order valence-corrected chi connectivity index (χ4v) is 1.28. The Morgan fingerprint density at radius 2 is 1.75 bits per heavy atom. The van der Waals surface area contributed by atoms with Gasteiger partial charge in [0.15, 0.2) is 0 Å². The molecule has 1 aromatic carbocycles. The largest absolute Gasteiger partial charge is 0.301 e. The molecule has 1 aromatic rings. The molecule has 0 aromatic heterocycles. The van der Waals surface area contributed by atoms with E-state index in [1.165, 1.54) is 24.3 Å². The zero-order valence-corrected chi connectivity index (χ0v) is 6.83. The van der Waals surface area contributed by atoms with E-state index < -0.39 is 15.6 Å². The van der Waals surface area contributed by atoms with Gasteiger partial charge in [-0.1, -0.05) is 30.3 Å². The highest BCUT2D eigenvalue weighted by Crippen LogP contribution is 2.21. The highest BCUT2D eigenvalue weighted by molar-refractivity contribution is 7.85. The molecular formula is C7H7FO3S. The lowest BCUT2D eigenvalue weighted by atomic mass is 10.2. The molecule has 3 nitrogen and oxygen atoms in total. The Morgan fingerprint density at radius 1 is 1.25 bits per heavy atom. The van der Waals surface area contributed by atoms with E-state index >= 15 is 0 Å². The maximum atomic E-state index is 12.8. The monoisotopic (exact) mass is 190 g/mol. The van der Waals surface area contributed by atoms with Crippen LogP contribution < -0.4 is 0 Å². The van der Waals surface area contributed by atoms with Gasteiger partial charge in [-0.05, 0) is 0 Å². The molecule has 0 aliphatic rings. The van der Waals surface area contributed by atoms with Crippen LogP contribution in [0.1, 0.15) is 11.1 Å². The molecule has 0 spiro atoms. The lowest BCUT2D eigenvalue weighted by molar-refractivity contribution is 0.380. The Morgan fingerprint density at radius 3 is 2.17 bits per heavy atom. The zero-order valence-electron chi connectivity index (χ0n) is 6.01. The minimum absolute atomic E-state index is 0.0694. The molecule has 0 radical (unpaired) electrons. The van der Waals surface area contributed by atoms with Gasteiger partial charge < -0.3 is 0 Å². The predicted molar refractivity (Wildman–Crippen MR) is 41.8 cm³/mol. The maximum absolute atomic E-state index is 12.8. The minimum atomic E-state index is -4.62. The molecule has 0 amide bonds. The van der Waals surface area contributed by atoms with Gasteiger partial charge in [-0.2, -0.15) is 8.42 Å². The van der Waals surface area contributed by atoms with Gasteiger partial charge in [-0.25, -0.2) is 4.39 Å². The van der Waals surface area contributed by atoms with Gasteiger partial charge in [0, 0.05) is 5.56 Å². The van der Waals surface area contributed by atoms with E-state index in [-0.39, 0.29) is 5.56 Å². The maximum Gasteiger partial charge on any atom is 0.301 e. The van der Waals surface area contributed by atoms with Gasteiger partial charge in [-0.3, -0.25) is 4.55 Å². The Labute approximate surface area is 69.6 Å². The van der Waals surface area contributed by atoms with Crippen LogP contribution in [0.3, 0.4) is 0 Å². The van der Waals surface area contributed by atoms with E-state index in [0.29, 0.717) is 0 Å². The van der Waals surface area contributed by atoms with E-state index in [9.17, 15) is 12.8 Å². The number of alkyl halides is 1. The van der Waals surface area contributed by atoms with Crippen LogP contribution in [0.4, 0.5) is 4.39 Å². The number of hydrogen-bond acceptors (Lipinski definition) is 2. The van der Waals surface area contributed by atoms with Crippen LogP contribution in [0.25, 0.3) is 0 Å². The molecule has 0 fully saturated rings. The Hall–Kier alpha value is -0.940. The third kappa shape index (κ3) is 2.02. The van der Waals surface area contributed by atoms with Crippen LogP contribution in [-0.4, -0.2) is 13.0 Å². The number of benzene rings is 1. The van der Waals surface area contributed by atoms with Gasteiger partial charge in [-0.15, -0.1) is 0 Å². The molecular weight excluding hydrogens is 183 g/mol. The molecule has 12 heavy (non-hydrogen) atoms. The van der Waals surface area contributed by atoms with Crippen LogP contribution in [-0.2, 0) is 10.1 Å². The van der Waals surface area contributed by atoms with Gasteiger partial charge in [0.1, 0.15) is 0 Å². The van der Waals surface area contributed by atoms with Gasteiger partial charge >= 0.3 is 10.1 Å². The summed E-state index contributed by atoms with van der Waals surface area (Å²) in [5.74, 6) is 0. The van der Waals surface area contributed by atoms with Crippen molar-refractivity contribution >= 4 is 10.1 Å². The summed E-state index contributed by atoms with van der Waals surface area (Å²) in [5, 5.41) is 0. The second-order valence-electron chi connectivity index (χ2n) is 2.24. The predicted octanol–water partition coefficient (Wildman–Crippen LogP) is 1.54. The SMILES string of the molecule is O=S(=O)(O)C(F)c1ccccc1. The normalized spacial score (nSPS) is 14.2. The summed E-state index contributed by atoms with van der Waals surface area (Å²) in [6.07, 6.45) is 0. The lowest BCUT2D eigenvalue weighted by Gasteiger charge is -2.03. The lowest BCUT2D eigenvalue weighted by Crippen LogP contribution is -2.06. The molecule has 0 bridgehead atoms. The summed E-state index contributed by atoms with van der Waals surface area (Å²) < 4.78 is 41.8. The molecule has 1 rings (SSSR count). The van der Waals surface area contributed by atoms with Crippen molar-refractivity contribution in [2.75, 3.05) is 0 Å². The molecule has 1 N–H and O–H groups in total. The minimum Gasteiger partial charge on any atom is -0.283 e. The van der Waals surface area contributed by atoms with Crippen molar-refractivity contribution in [1.82, 2.24) is 0 Å². The highest BCUT2D eigenvalue weighted by Gasteiger charge is 2.23. The first-order valence-electron chi connectivity index (χ1n) is 3.17. The zero-order chi connectivity index (χ0) is 9.19. The summed E-state index contributed by atoms with van der Waals surface area (Å²) >= 11 is 0. The molecule has 0 saturated carbocycles. The standard InChI is InChI=1S/C7H7FO3S/c8-7(12(9,10)11)6-4-2-1-3-5-6/h1-5,7H,(H,9,10,11). The van der Waals surface area contributed by atoms with Crippen LogP contribution >= 0.6 is 0 Å². The van der Waals surface area contributed by atoms with Crippen molar-refractivity contribution in [3.63, 3.8) is 0 Å². The number of rotatable bonds is 2. The number of hydrogen-bond donors (Lipinski definition) is 1. The second kappa shape index (κ2) is 3.20. The first-order chi connectivity index (χ1) is 5.52. The van der Waals surface area contributed by atoms with Crippen molar-refractivity contribution in [1.29, 1.82) is 0 Å².